The van der Waals surface area contributed by atoms with E-state index in [1.54, 1.807) is 18.3 Å². The number of aromatic amines is 1. The molecule has 7 nitrogen and oxygen atoms in total. The summed E-state index contributed by atoms with van der Waals surface area (Å²) in [4.78, 5) is 27.6. The number of fused-ring (bicyclic) bond motifs is 1. The molecule has 29 heavy (non-hydrogen) atoms. The van der Waals surface area contributed by atoms with E-state index in [1.807, 2.05) is 38.1 Å². The number of hydrogen-bond acceptors (Lipinski definition) is 4. The Balaban J connectivity index is 1.78. The van der Waals surface area contributed by atoms with Gasteiger partial charge in [0.15, 0.2) is 11.5 Å². The first-order chi connectivity index (χ1) is 13.9. The van der Waals surface area contributed by atoms with Gasteiger partial charge in [0.1, 0.15) is 6.04 Å². The second-order valence-electron chi connectivity index (χ2n) is 6.96. The number of carbonyl (C=O) groups is 2. The minimum Gasteiger partial charge on any atom is -0.493 e. The van der Waals surface area contributed by atoms with Gasteiger partial charge < -0.3 is 24.9 Å². The van der Waals surface area contributed by atoms with Gasteiger partial charge in [-0.1, -0.05) is 18.2 Å². The summed E-state index contributed by atoms with van der Waals surface area (Å²) in [5.41, 5.74) is 2.04. The number of ether oxygens (including phenoxy) is 2. The van der Waals surface area contributed by atoms with E-state index < -0.39 is 17.9 Å². The van der Waals surface area contributed by atoms with Crippen LogP contribution in [0.3, 0.4) is 0 Å². The number of H-pyrrole nitrogens is 1. The third kappa shape index (κ3) is 4.68. The van der Waals surface area contributed by atoms with E-state index in [2.05, 4.69) is 10.3 Å². The smallest absolute Gasteiger partial charge is 0.326 e. The minimum atomic E-state index is -1.10. The van der Waals surface area contributed by atoms with Gasteiger partial charge in [0.05, 0.1) is 13.2 Å². The van der Waals surface area contributed by atoms with Crippen molar-refractivity contribution in [3.8, 4) is 11.5 Å². The molecular weight excluding hydrogens is 372 g/mol. The molecule has 1 unspecified atom stereocenters. The lowest BCUT2D eigenvalue weighted by Crippen LogP contribution is -2.42. The molecule has 0 spiro atoms. The Kier molecular flexibility index (Phi) is 6.07. The van der Waals surface area contributed by atoms with Gasteiger partial charge in [-0.15, -0.1) is 0 Å². The summed E-state index contributed by atoms with van der Waals surface area (Å²) in [6, 6.07) is 11.3. The van der Waals surface area contributed by atoms with Crippen molar-refractivity contribution in [2.45, 2.75) is 32.4 Å². The monoisotopic (exact) mass is 396 g/mol. The largest absolute Gasteiger partial charge is 0.493 e. The number of carbonyl (C=O) groups excluding carboxylic acids is 1. The minimum absolute atomic E-state index is 0.0452. The molecule has 3 N–H and O–H groups in total. The topological polar surface area (TPSA) is 101 Å². The zero-order valence-electron chi connectivity index (χ0n) is 16.6. The van der Waals surface area contributed by atoms with E-state index in [1.165, 1.54) is 13.2 Å². The van der Waals surface area contributed by atoms with E-state index in [-0.39, 0.29) is 12.5 Å². The highest BCUT2D eigenvalue weighted by Crippen LogP contribution is 2.29. The summed E-state index contributed by atoms with van der Waals surface area (Å²) < 4.78 is 10.9. The summed E-state index contributed by atoms with van der Waals surface area (Å²) in [6.45, 7) is 3.78. The molecular formula is C22H24N2O5. The fourth-order valence-corrected chi connectivity index (χ4v) is 3.12. The second kappa shape index (κ2) is 8.68. The zero-order valence-corrected chi connectivity index (χ0v) is 16.6. The van der Waals surface area contributed by atoms with Gasteiger partial charge in [-0.3, -0.25) is 4.79 Å². The van der Waals surface area contributed by atoms with Crippen molar-refractivity contribution in [3.63, 3.8) is 0 Å². The van der Waals surface area contributed by atoms with Crippen molar-refractivity contribution in [2.75, 3.05) is 7.11 Å². The maximum atomic E-state index is 12.7. The highest BCUT2D eigenvalue weighted by Gasteiger charge is 2.23. The molecule has 7 heteroatoms. The number of hydrogen-bond donors (Lipinski definition) is 3. The summed E-state index contributed by atoms with van der Waals surface area (Å²) in [7, 11) is 1.49. The van der Waals surface area contributed by atoms with Crippen molar-refractivity contribution in [3.05, 3.63) is 59.8 Å². The van der Waals surface area contributed by atoms with Crippen LogP contribution in [0.4, 0.5) is 0 Å². The molecule has 0 aliphatic rings. The first-order valence-electron chi connectivity index (χ1n) is 9.32. The van der Waals surface area contributed by atoms with Gasteiger partial charge in [-0.05, 0) is 43.7 Å². The number of para-hydroxylation sites is 1. The molecule has 0 aliphatic heterocycles. The molecule has 1 heterocycles. The Labute approximate surface area is 168 Å². The molecule has 152 valence electrons. The molecule has 0 fully saturated rings. The van der Waals surface area contributed by atoms with Crippen LogP contribution in [0.15, 0.2) is 48.7 Å². The molecule has 3 rings (SSSR count). The van der Waals surface area contributed by atoms with Crippen molar-refractivity contribution < 1.29 is 24.2 Å². The number of rotatable bonds is 8. The number of methoxy groups -OCH3 is 1. The molecule has 1 aromatic heterocycles. The summed E-state index contributed by atoms with van der Waals surface area (Å²) in [6.07, 6.45) is 1.89. The Morgan fingerprint density at radius 2 is 1.90 bits per heavy atom. The van der Waals surface area contributed by atoms with E-state index in [0.717, 1.165) is 16.5 Å². The highest BCUT2D eigenvalue weighted by atomic mass is 16.5. The van der Waals surface area contributed by atoms with Crippen LogP contribution in [0.25, 0.3) is 10.9 Å². The molecule has 0 radical (unpaired) electrons. The third-order valence-corrected chi connectivity index (χ3v) is 4.49. The number of carboxylic acid groups (broad SMARTS) is 1. The highest BCUT2D eigenvalue weighted by molar-refractivity contribution is 5.97. The van der Waals surface area contributed by atoms with Crippen LogP contribution in [-0.4, -0.2) is 41.2 Å². The SMILES string of the molecule is COc1cc(C(=O)NC(Cc2c[nH]c3ccccc23)C(=O)O)ccc1OC(C)C. The maximum absolute atomic E-state index is 12.7. The van der Waals surface area contributed by atoms with Gasteiger partial charge in [0, 0.05) is 29.1 Å². The number of nitrogens with one attached hydrogen (secondary N) is 2. The van der Waals surface area contributed by atoms with E-state index in [9.17, 15) is 14.7 Å². The number of aromatic nitrogens is 1. The van der Waals surface area contributed by atoms with Crippen LogP contribution < -0.4 is 14.8 Å². The molecule has 0 saturated carbocycles. The second-order valence-corrected chi connectivity index (χ2v) is 6.96. The molecule has 2 aromatic carbocycles. The van der Waals surface area contributed by atoms with Crippen LogP contribution in [0.5, 0.6) is 11.5 Å². The molecule has 0 saturated heterocycles. The lowest BCUT2D eigenvalue weighted by atomic mass is 10.0. The zero-order chi connectivity index (χ0) is 21.0. The van der Waals surface area contributed by atoms with Crippen LogP contribution in [0, 0.1) is 0 Å². The lowest BCUT2D eigenvalue weighted by molar-refractivity contribution is -0.139. The molecule has 1 amide bonds. The van der Waals surface area contributed by atoms with Gasteiger partial charge in [0.25, 0.3) is 5.91 Å². The molecule has 0 aliphatic carbocycles. The van der Waals surface area contributed by atoms with E-state index in [4.69, 9.17) is 9.47 Å². The predicted molar refractivity (Wildman–Crippen MR) is 110 cm³/mol. The normalized spacial score (nSPS) is 12.0. The van der Waals surface area contributed by atoms with Crippen molar-refractivity contribution >= 4 is 22.8 Å². The molecule has 0 bridgehead atoms. The van der Waals surface area contributed by atoms with Crippen LogP contribution in [-0.2, 0) is 11.2 Å². The van der Waals surface area contributed by atoms with Crippen molar-refractivity contribution in [2.24, 2.45) is 0 Å². The Morgan fingerprint density at radius 1 is 1.14 bits per heavy atom. The van der Waals surface area contributed by atoms with Crippen LogP contribution in [0.1, 0.15) is 29.8 Å². The average molecular weight is 396 g/mol. The van der Waals surface area contributed by atoms with Gasteiger partial charge in [-0.2, -0.15) is 0 Å². The molecule has 1 atom stereocenters. The summed E-state index contributed by atoms with van der Waals surface area (Å²) in [5.74, 6) is -0.663. The number of aliphatic carboxylic acids is 1. The Morgan fingerprint density at radius 3 is 2.59 bits per heavy atom. The van der Waals surface area contributed by atoms with Gasteiger partial charge >= 0.3 is 5.97 Å². The summed E-state index contributed by atoms with van der Waals surface area (Å²) in [5, 5.41) is 13.1. The molecule has 3 aromatic rings. The van der Waals surface area contributed by atoms with Crippen LogP contribution in [0.2, 0.25) is 0 Å². The first-order valence-corrected chi connectivity index (χ1v) is 9.32. The van der Waals surface area contributed by atoms with Crippen molar-refractivity contribution in [1.82, 2.24) is 10.3 Å². The number of amides is 1. The standard InChI is InChI=1S/C22H24N2O5/c1-13(2)29-19-9-8-14(11-20(19)28-3)21(25)24-18(22(26)27)10-15-12-23-17-7-5-4-6-16(15)17/h4-9,11-13,18,23H,10H2,1-3H3,(H,24,25)(H,26,27). The quantitative estimate of drug-likeness (QED) is 0.542. The van der Waals surface area contributed by atoms with Gasteiger partial charge in [0.2, 0.25) is 0 Å². The van der Waals surface area contributed by atoms with Crippen LogP contribution >= 0.6 is 0 Å². The number of carboxylic acids is 1. The fraction of sp³-hybridized carbons (Fsp3) is 0.273. The Hall–Kier alpha value is -3.48. The van der Waals surface area contributed by atoms with Gasteiger partial charge in [-0.25, -0.2) is 4.79 Å². The summed E-state index contributed by atoms with van der Waals surface area (Å²) >= 11 is 0. The average Bonchev–Trinajstić information content (AvgIpc) is 3.10. The first kappa shape index (κ1) is 20.3. The Bertz CT molecular complexity index is 1020. The predicted octanol–water partition coefficient (Wildman–Crippen LogP) is 3.39. The van der Waals surface area contributed by atoms with E-state index >= 15 is 0 Å². The fourth-order valence-electron chi connectivity index (χ4n) is 3.12. The van der Waals surface area contributed by atoms with Crippen molar-refractivity contribution in [1.29, 1.82) is 0 Å². The lowest BCUT2D eigenvalue weighted by Gasteiger charge is -2.16. The van der Waals surface area contributed by atoms with E-state index in [0.29, 0.717) is 17.1 Å². The maximum Gasteiger partial charge on any atom is 0.326 e. The number of benzene rings is 2. The third-order valence-electron chi connectivity index (χ3n) is 4.49.